The Labute approximate surface area is 221 Å². The van der Waals surface area contributed by atoms with Gasteiger partial charge in [0.2, 0.25) is 15.9 Å². The van der Waals surface area contributed by atoms with Crippen LogP contribution in [-0.4, -0.2) is 56.9 Å². The van der Waals surface area contributed by atoms with Crippen LogP contribution in [0.4, 0.5) is 0 Å². The normalized spacial score (nSPS) is 15.6. The summed E-state index contributed by atoms with van der Waals surface area (Å²) in [5.74, 6) is 1.07. The largest absolute Gasteiger partial charge is 0.497 e. The van der Waals surface area contributed by atoms with E-state index in [2.05, 4.69) is 0 Å². The lowest BCUT2D eigenvalue weighted by molar-refractivity contribution is -0.135. The number of nitrogens with zero attached hydrogens (tertiary/aromatic N) is 2. The van der Waals surface area contributed by atoms with E-state index >= 15 is 0 Å². The number of hydrogen-bond acceptors (Lipinski definition) is 6. The fraction of sp³-hybridized carbons (Fsp3) is 0.346. The highest BCUT2D eigenvalue weighted by Gasteiger charge is 2.35. The first kappa shape index (κ1) is 26.5. The first-order valence-electron chi connectivity index (χ1n) is 11.7. The Bertz CT molecular complexity index is 1290. The quantitative estimate of drug-likeness (QED) is 0.356. The van der Waals surface area contributed by atoms with E-state index in [0.29, 0.717) is 29.5 Å². The number of benzene rings is 2. The number of ether oxygens (including phenoxy) is 2. The molecule has 0 bridgehead atoms. The molecule has 1 aromatic heterocycles. The summed E-state index contributed by atoms with van der Waals surface area (Å²) in [4.78, 5) is 16.7. The molecule has 0 saturated carbocycles. The number of amides is 1. The zero-order valence-corrected chi connectivity index (χ0v) is 22.6. The highest BCUT2D eigenvalue weighted by Crippen LogP contribution is 2.34. The summed E-state index contributed by atoms with van der Waals surface area (Å²) in [7, 11) is -2.26. The Balaban J connectivity index is 1.55. The lowest BCUT2D eigenvalue weighted by atomic mass is 10.0. The maximum atomic E-state index is 13.6. The Kier molecular flexibility index (Phi) is 8.56. The molecule has 2 heterocycles. The highest BCUT2D eigenvalue weighted by atomic mass is 35.5. The average Bonchev–Trinajstić information content (AvgIpc) is 3.36. The molecule has 0 N–H and O–H groups in total. The molecule has 0 fully saturated rings. The number of thiophene rings is 1. The minimum absolute atomic E-state index is 0.116. The van der Waals surface area contributed by atoms with E-state index in [1.165, 1.54) is 33.4 Å². The van der Waals surface area contributed by atoms with Crippen LogP contribution >= 0.6 is 22.9 Å². The van der Waals surface area contributed by atoms with Crippen molar-refractivity contribution in [2.45, 2.75) is 30.7 Å². The second kappa shape index (κ2) is 11.6. The minimum Gasteiger partial charge on any atom is -0.497 e. The van der Waals surface area contributed by atoms with Crippen LogP contribution in [-0.2, 0) is 21.2 Å². The molecule has 0 spiro atoms. The van der Waals surface area contributed by atoms with Crippen molar-refractivity contribution in [2.24, 2.45) is 0 Å². The average molecular weight is 549 g/mol. The molecule has 3 aromatic rings. The topological polar surface area (TPSA) is 76.2 Å². The molecule has 1 aliphatic heterocycles. The van der Waals surface area contributed by atoms with Gasteiger partial charge in [-0.1, -0.05) is 24.6 Å². The predicted molar refractivity (Wildman–Crippen MR) is 141 cm³/mol. The molecular weight excluding hydrogens is 520 g/mol. The molecule has 192 valence electrons. The van der Waals surface area contributed by atoms with Crippen LogP contribution in [0.2, 0.25) is 5.02 Å². The number of methoxy groups -OCH3 is 1. The number of fused-ring (bicyclic) bond motifs is 1. The first-order chi connectivity index (χ1) is 17.3. The van der Waals surface area contributed by atoms with Crippen molar-refractivity contribution in [3.8, 4) is 11.5 Å². The third-order valence-electron chi connectivity index (χ3n) is 6.10. The van der Waals surface area contributed by atoms with E-state index in [9.17, 15) is 13.2 Å². The summed E-state index contributed by atoms with van der Waals surface area (Å²) in [6, 6.07) is 15.0. The van der Waals surface area contributed by atoms with Gasteiger partial charge in [0.05, 0.1) is 24.6 Å². The molecule has 0 aliphatic carbocycles. The van der Waals surface area contributed by atoms with E-state index in [4.69, 9.17) is 21.1 Å². The SMILES string of the molecule is CCCN(CC(=O)N1CCc2sccc2[C@H]1COc1cccc(OC)c1)S(=O)(=O)c1ccc(Cl)cc1. The number of carbonyl (C=O) groups excluding carboxylic acids is 1. The maximum Gasteiger partial charge on any atom is 0.243 e. The first-order valence-corrected chi connectivity index (χ1v) is 14.4. The monoisotopic (exact) mass is 548 g/mol. The van der Waals surface area contributed by atoms with Gasteiger partial charge in [0, 0.05) is 29.1 Å². The highest BCUT2D eigenvalue weighted by molar-refractivity contribution is 7.89. The molecule has 36 heavy (non-hydrogen) atoms. The van der Waals surface area contributed by atoms with Crippen molar-refractivity contribution in [1.29, 1.82) is 0 Å². The Morgan fingerprint density at radius 3 is 2.64 bits per heavy atom. The second-order valence-corrected chi connectivity index (χ2v) is 11.8. The van der Waals surface area contributed by atoms with Crippen molar-refractivity contribution in [2.75, 3.05) is 33.4 Å². The lowest BCUT2D eigenvalue weighted by Crippen LogP contribution is -2.48. The molecule has 4 rings (SSSR count). The van der Waals surface area contributed by atoms with Crippen molar-refractivity contribution in [1.82, 2.24) is 9.21 Å². The van der Waals surface area contributed by atoms with Crippen LogP contribution < -0.4 is 9.47 Å². The van der Waals surface area contributed by atoms with E-state index in [-0.39, 0.29) is 36.5 Å². The molecule has 0 radical (unpaired) electrons. The summed E-state index contributed by atoms with van der Waals surface area (Å²) < 4.78 is 39.3. The fourth-order valence-corrected chi connectivity index (χ4v) is 6.81. The number of hydrogen-bond donors (Lipinski definition) is 0. The lowest BCUT2D eigenvalue weighted by Gasteiger charge is -2.37. The fourth-order valence-electron chi connectivity index (χ4n) is 4.27. The molecule has 0 unspecified atom stereocenters. The van der Waals surface area contributed by atoms with Crippen molar-refractivity contribution in [3.63, 3.8) is 0 Å². The molecule has 1 amide bonds. The van der Waals surface area contributed by atoms with E-state index in [1.54, 1.807) is 29.4 Å². The van der Waals surface area contributed by atoms with E-state index in [1.807, 2.05) is 36.6 Å². The standard InChI is InChI=1S/C26H29ClN2O5S2/c1-3-13-28(36(31,32)22-9-7-19(27)8-10-22)17-26(30)29-14-11-25-23(12-15-35-25)24(29)18-34-21-6-4-5-20(16-21)33-2/h4-10,12,15-16,24H,3,11,13-14,17-18H2,1-2H3/t24-/m1/s1. The summed E-state index contributed by atoms with van der Waals surface area (Å²) in [5, 5.41) is 2.47. The molecule has 7 nitrogen and oxygen atoms in total. The third-order valence-corrected chi connectivity index (χ3v) is 9.21. The van der Waals surface area contributed by atoms with Gasteiger partial charge in [-0.3, -0.25) is 4.79 Å². The number of rotatable bonds is 10. The van der Waals surface area contributed by atoms with Gasteiger partial charge in [-0.25, -0.2) is 8.42 Å². The zero-order chi connectivity index (χ0) is 25.7. The van der Waals surface area contributed by atoms with Gasteiger partial charge in [0.15, 0.2) is 0 Å². The number of sulfonamides is 1. The summed E-state index contributed by atoms with van der Waals surface area (Å²) in [6.07, 6.45) is 1.31. The van der Waals surface area contributed by atoms with E-state index < -0.39 is 10.0 Å². The number of carbonyl (C=O) groups is 1. The van der Waals surface area contributed by atoms with Gasteiger partial charge >= 0.3 is 0 Å². The third kappa shape index (κ3) is 5.86. The van der Waals surface area contributed by atoms with Gasteiger partial charge in [-0.2, -0.15) is 4.31 Å². The Hall–Kier alpha value is -2.59. The van der Waals surface area contributed by atoms with Crippen LogP contribution in [0.15, 0.2) is 64.9 Å². The van der Waals surface area contributed by atoms with Crippen LogP contribution in [0.3, 0.4) is 0 Å². The van der Waals surface area contributed by atoms with Crippen LogP contribution in [0.5, 0.6) is 11.5 Å². The van der Waals surface area contributed by atoms with Gasteiger partial charge < -0.3 is 14.4 Å². The second-order valence-electron chi connectivity index (χ2n) is 8.43. The predicted octanol–water partition coefficient (Wildman–Crippen LogP) is 5.02. The molecular formula is C26H29ClN2O5S2. The molecule has 1 aliphatic rings. The minimum atomic E-state index is -3.86. The molecule has 10 heteroatoms. The van der Waals surface area contributed by atoms with Crippen molar-refractivity contribution in [3.05, 3.63) is 75.4 Å². The smallest absolute Gasteiger partial charge is 0.243 e. The van der Waals surface area contributed by atoms with E-state index in [0.717, 1.165) is 12.0 Å². The zero-order valence-electron chi connectivity index (χ0n) is 20.2. The summed E-state index contributed by atoms with van der Waals surface area (Å²) >= 11 is 7.60. The van der Waals surface area contributed by atoms with Gasteiger partial charge in [0.25, 0.3) is 0 Å². The van der Waals surface area contributed by atoms with Crippen LogP contribution in [0, 0.1) is 0 Å². The van der Waals surface area contributed by atoms with Crippen molar-refractivity contribution >= 4 is 38.9 Å². The van der Waals surface area contributed by atoms with Crippen molar-refractivity contribution < 1.29 is 22.7 Å². The molecule has 1 atom stereocenters. The summed E-state index contributed by atoms with van der Waals surface area (Å²) in [5.41, 5.74) is 1.05. The van der Waals surface area contributed by atoms with Crippen LogP contribution in [0.1, 0.15) is 29.8 Å². The molecule has 2 aromatic carbocycles. The molecule has 0 saturated heterocycles. The van der Waals surface area contributed by atoms with Gasteiger partial charge in [0.1, 0.15) is 18.1 Å². The maximum absolute atomic E-state index is 13.6. The Morgan fingerprint density at radius 2 is 1.92 bits per heavy atom. The Morgan fingerprint density at radius 1 is 1.17 bits per heavy atom. The van der Waals surface area contributed by atoms with Crippen LogP contribution in [0.25, 0.3) is 0 Å². The van der Waals surface area contributed by atoms with Gasteiger partial charge in [-0.15, -0.1) is 11.3 Å². The number of halogens is 1. The summed E-state index contributed by atoms with van der Waals surface area (Å²) in [6.45, 7) is 2.63. The van der Waals surface area contributed by atoms with Gasteiger partial charge in [-0.05, 0) is 66.2 Å².